The van der Waals surface area contributed by atoms with E-state index in [0.29, 0.717) is 17.1 Å². The topological polar surface area (TPSA) is 93.7 Å². The van der Waals surface area contributed by atoms with Crippen molar-refractivity contribution in [1.82, 2.24) is 0 Å². The summed E-state index contributed by atoms with van der Waals surface area (Å²) in [6.45, 7) is 1.01. The lowest BCUT2D eigenvalue weighted by Crippen LogP contribution is -2.21. The molecule has 0 aliphatic rings. The summed E-state index contributed by atoms with van der Waals surface area (Å²) in [5, 5.41) is 5.23. The number of hydrogen-bond acceptors (Lipinski definition) is 5. The maximum atomic E-state index is 11.9. The number of ether oxygens (including phenoxy) is 2. The van der Waals surface area contributed by atoms with Crippen LogP contribution in [0, 0.1) is 0 Å². The van der Waals surface area contributed by atoms with E-state index in [2.05, 4.69) is 10.6 Å². The van der Waals surface area contributed by atoms with Crippen LogP contribution >= 0.6 is 0 Å². The van der Waals surface area contributed by atoms with E-state index in [1.807, 2.05) is 0 Å². The Bertz CT molecular complexity index is 787. The van der Waals surface area contributed by atoms with Crippen LogP contribution in [0.2, 0.25) is 0 Å². The molecule has 136 valence electrons. The minimum absolute atomic E-state index is 0.0648. The van der Waals surface area contributed by atoms with E-state index >= 15 is 0 Å². The molecule has 0 fully saturated rings. The first-order valence-electron chi connectivity index (χ1n) is 7.92. The van der Waals surface area contributed by atoms with Gasteiger partial charge in [-0.1, -0.05) is 18.2 Å². The molecular formula is C19H20N2O5. The average Bonchev–Trinajstić information content (AvgIpc) is 2.60. The molecule has 0 unspecified atom stereocenters. The fourth-order valence-corrected chi connectivity index (χ4v) is 2.18. The Kier molecular flexibility index (Phi) is 6.73. The van der Waals surface area contributed by atoms with E-state index in [4.69, 9.17) is 9.47 Å². The van der Waals surface area contributed by atoms with Crippen LogP contribution in [-0.4, -0.2) is 31.5 Å². The molecule has 0 spiro atoms. The lowest BCUT2D eigenvalue weighted by atomic mass is 10.1. The number of carbonyl (C=O) groups excluding carboxylic acids is 3. The third-order valence-corrected chi connectivity index (χ3v) is 3.34. The van der Waals surface area contributed by atoms with Gasteiger partial charge in [0.15, 0.2) is 6.61 Å². The van der Waals surface area contributed by atoms with Gasteiger partial charge in [0, 0.05) is 18.3 Å². The quantitative estimate of drug-likeness (QED) is 0.743. The summed E-state index contributed by atoms with van der Waals surface area (Å²) in [5.74, 6) is -0.478. The third-order valence-electron chi connectivity index (χ3n) is 3.34. The highest BCUT2D eigenvalue weighted by Gasteiger charge is 2.09. The largest absolute Gasteiger partial charge is 0.497 e. The molecule has 0 aliphatic carbocycles. The summed E-state index contributed by atoms with van der Waals surface area (Å²) in [4.78, 5) is 34.8. The van der Waals surface area contributed by atoms with Crippen LogP contribution in [0.15, 0.2) is 48.5 Å². The predicted molar refractivity (Wildman–Crippen MR) is 97.0 cm³/mol. The first-order valence-corrected chi connectivity index (χ1v) is 7.92. The van der Waals surface area contributed by atoms with E-state index in [1.165, 1.54) is 6.92 Å². The molecule has 0 bridgehead atoms. The number of nitrogens with one attached hydrogen (secondary N) is 2. The molecule has 0 heterocycles. The molecule has 0 saturated carbocycles. The smallest absolute Gasteiger partial charge is 0.310 e. The van der Waals surface area contributed by atoms with Crippen molar-refractivity contribution in [2.24, 2.45) is 0 Å². The van der Waals surface area contributed by atoms with Crippen LogP contribution in [0.4, 0.5) is 11.4 Å². The highest BCUT2D eigenvalue weighted by molar-refractivity contribution is 5.94. The number of anilines is 2. The molecule has 2 aromatic carbocycles. The van der Waals surface area contributed by atoms with Gasteiger partial charge in [-0.25, -0.2) is 0 Å². The van der Waals surface area contributed by atoms with Crippen molar-refractivity contribution < 1.29 is 23.9 Å². The van der Waals surface area contributed by atoms with Crippen LogP contribution in [0.25, 0.3) is 0 Å². The molecule has 2 N–H and O–H groups in total. The zero-order valence-corrected chi connectivity index (χ0v) is 14.6. The van der Waals surface area contributed by atoms with E-state index in [-0.39, 0.29) is 18.9 Å². The number of methoxy groups -OCH3 is 1. The van der Waals surface area contributed by atoms with Crippen molar-refractivity contribution >= 4 is 29.2 Å². The molecule has 0 atom stereocenters. The van der Waals surface area contributed by atoms with Crippen molar-refractivity contribution in [3.63, 3.8) is 0 Å². The molecule has 2 amide bonds. The highest BCUT2D eigenvalue weighted by Crippen LogP contribution is 2.15. The van der Waals surface area contributed by atoms with Crippen molar-refractivity contribution in [3.8, 4) is 5.75 Å². The maximum Gasteiger partial charge on any atom is 0.310 e. The normalized spacial score (nSPS) is 9.92. The van der Waals surface area contributed by atoms with Gasteiger partial charge >= 0.3 is 5.97 Å². The van der Waals surface area contributed by atoms with E-state index in [9.17, 15) is 14.4 Å². The van der Waals surface area contributed by atoms with Crippen molar-refractivity contribution in [3.05, 3.63) is 54.1 Å². The van der Waals surface area contributed by atoms with Gasteiger partial charge in [0.2, 0.25) is 5.91 Å². The molecule has 7 heteroatoms. The molecule has 2 aromatic rings. The average molecular weight is 356 g/mol. The lowest BCUT2D eigenvalue weighted by Gasteiger charge is -2.09. The monoisotopic (exact) mass is 356 g/mol. The van der Waals surface area contributed by atoms with Gasteiger partial charge in [0.05, 0.1) is 13.5 Å². The van der Waals surface area contributed by atoms with Gasteiger partial charge < -0.3 is 20.1 Å². The summed E-state index contributed by atoms with van der Waals surface area (Å²) in [7, 11) is 1.56. The Morgan fingerprint density at radius 2 is 1.62 bits per heavy atom. The highest BCUT2D eigenvalue weighted by atomic mass is 16.5. The van der Waals surface area contributed by atoms with Gasteiger partial charge in [0.1, 0.15) is 5.75 Å². The van der Waals surface area contributed by atoms with E-state index < -0.39 is 11.9 Å². The molecule has 0 radical (unpaired) electrons. The second kappa shape index (κ2) is 9.22. The van der Waals surface area contributed by atoms with Crippen molar-refractivity contribution in [2.75, 3.05) is 24.4 Å². The minimum atomic E-state index is -0.502. The zero-order valence-electron chi connectivity index (χ0n) is 14.6. The zero-order chi connectivity index (χ0) is 18.9. The number of amides is 2. The minimum Gasteiger partial charge on any atom is -0.497 e. The Morgan fingerprint density at radius 1 is 0.962 bits per heavy atom. The third kappa shape index (κ3) is 6.27. The molecule has 2 rings (SSSR count). The Hall–Kier alpha value is -3.35. The first kappa shape index (κ1) is 19.0. The van der Waals surface area contributed by atoms with Gasteiger partial charge in [-0.2, -0.15) is 0 Å². The Labute approximate surface area is 151 Å². The number of carbonyl (C=O) groups is 3. The fourth-order valence-electron chi connectivity index (χ4n) is 2.18. The number of esters is 1. The summed E-state index contributed by atoms with van der Waals surface area (Å²) < 4.78 is 10.0. The first-order chi connectivity index (χ1) is 12.5. The lowest BCUT2D eigenvalue weighted by molar-refractivity contribution is -0.146. The fraction of sp³-hybridized carbons (Fsp3) is 0.211. The van der Waals surface area contributed by atoms with Crippen LogP contribution in [0.1, 0.15) is 12.5 Å². The molecule has 0 aromatic heterocycles. The Morgan fingerprint density at radius 3 is 2.23 bits per heavy atom. The van der Waals surface area contributed by atoms with Crippen LogP contribution in [-0.2, 0) is 25.5 Å². The number of rotatable bonds is 7. The number of benzene rings is 2. The summed E-state index contributed by atoms with van der Waals surface area (Å²) in [6.07, 6.45) is 0.0648. The van der Waals surface area contributed by atoms with Gasteiger partial charge in [0.25, 0.3) is 5.91 Å². The second-order valence-electron chi connectivity index (χ2n) is 5.50. The molecule has 0 aliphatic heterocycles. The van der Waals surface area contributed by atoms with E-state index in [1.54, 1.807) is 55.6 Å². The maximum absolute atomic E-state index is 11.9. The second-order valence-corrected chi connectivity index (χ2v) is 5.50. The standard InChI is InChI=1S/C19H20N2O5/c1-13(22)20-15-4-3-5-16(11-15)21-18(23)12-26-19(24)10-14-6-8-17(25-2)9-7-14/h3-9,11H,10,12H2,1-2H3,(H,20,22)(H,21,23). The van der Waals surface area contributed by atoms with E-state index in [0.717, 1.165) is 5.56 Å². The molecular weight excluding hydrogens is 336 g/mol. The van der Waals surface area contributed by atoms with Crippen LogP contribution < -0.4 is 15.4 Å². The SMILES string of the molecule is COc1ccc(CC(=O)OCC(=O)Nc2cccc(NC(C)=O)c2)cc1. The van der Waals surface area contributed by atoms with Gasteiger partial charge in [-0.15, -0.1) is 0 Å². The summed E-state index contributed by atoms with van der Waals surface area (Å²) >= 11 is 0. The predicted octanol–water partition coefficient (Wildman–Crippen LogP) is 2.38. The van der Waals surface area contributed by atoms with Crippen LogP contribution in [0.5, 0.6) is 5.75 Å². The summed E-state index contributed by atoms with van der Waals surface area (Å²) in [5.41, 5.74) is 1.82. The summed E-state index contributed by atoms with van der Waals surface area (Å²) in [6, 6.07) is 13.7. The van der Waals surface area contributed by atoms with Crippen molar-refractivity contribution in [2.45, 2.75) is 13.3 Å². The van der Waals surface area contributed by atoms with Gasteiger partial charge in [-0.05, 0) is 35.9 Å². The Balaban J connectivity index is 1.80. The molecule has 7 nitrogen and oxygen atoms in total. The van der Waals surface area contributed by atoms with Crippen LogP contribution in [0.3, 0.4) is 0 Å². The van der Waals surface area contributed by atoms with Crippen molar-refractivity contribution in [1.29, 1.82) is 0 Å². The van der Waals surface area contributed by atoms with Gasteiger partial charge in [-0.3, -0.25) is 14.4 Å². The number of hydrogen-bond donors (Lipinski definition) is 2. The molecule has 0 saturated heterocycles. The molecule has 26 heavy (non-hydrogen) atoms.